The van der Waals surface area contributed by atoms with Gasteiger partial charge in [0.25, 0.3) is 0 Å². The Kier molecular flexibility index (Phi) is 4.74. The number of nitrogens with two attached hydrogens (primary N) is 1. The number of rotatable bonds is 5. The Morgan fingerprint density at radius 3 is 2.55 bits per heavy atom. The van der Waals surface area contributed by atoms with Crippen molar-refractivity contribution < 1.29 is 13.2 Å². The first-order valence-electron chi connectivity index (χ1n) is 6.33. The molecular weight excluding hydrogens is 326 g/mol. The zero-order chi connectivity index (χ0) is 16.3. The summed E-state index contributed by atoms with van der Waals surface area (Å²) in [4.78, 5) is 12.1. The van der Waals surface area contributed by atoms with Gasteiger partial charge in [0.1, 0.15) is 11.6 Å². The van der Waals surface area contributed by atoms with E-state index in [1.807, 2.05) is 6.92 Å². The molecule has 2 aromatic rings. The van der Waals surface area contributed by atoms with Crippen molar-refractivity contribution in [2.45, 2.75) is 24.8 Å². The third kappa shape index (κ3) is 4.00. The maximum atomic E-state index is 11.9. The monoisotopic (exact) mass is 341 g/mol. The quantitative estimate of drug-likeness (QED) is 0.720. The van der Waals surface area contributed by atoms with Crippen LogP contribution in [0.2, 0.25) is 0 Å². The van der Waals surface area contributed by atoms with E-state index < -0.39 is 10.0 Å². The molecule has 118 valence electrons. The van der Waals surface area contributed by atoms with Crippen molar-refractivity contribution >= 4 is 33.0 Å². The lowest BCUT2D eigenvalue weighted by atomic mass is 10.3. The van der Waals surface area contributed by atoms with Gasteiger partial charge in [0.15, 0.2) is 0 Å². The summed E-state index contributed by atoms with van der Waals surface area (Å²) < 4.78 is 23.6. The molecule has 0 atom stereocenters. The molecule has 0 saturated heterocycles. The number of carbonyl (C=O) groups excluding carboxylic acids is 1. The van der Waals surface area contributed by atoms with Gasteiger partial charge in [-0.05, 0) is 30.7 Å². The highest BCUT2D eigenvalue weighted by molar-refractivity contribution is 7.89. The molecule has 4 N–H and O–H groups in total. The molecule has 0 bridgehead atoms. The number of amides is 1. The van der Waals surface area contributed by atoms with Crippen LogP contribution in [0.5, 0.6) is 0 Å². The summed E-state index contributed by atoms with van der Waals surface area (Å²) in [6, 6.07) is 5.52. The van der Waals surface area contributed by atoms with E-state index in [0.29, 0.717) is 12.1 Å². The van der Waals surface area contributed by atoms with Crippen LogP contribution in [0.25, 0.3) is 0 Å². The van der Waals surface area contributed by atoms with Crippen LogP contribution < -0.4 is 15.3 Å². The van der Waals surface area contributed by atoms with Crippen molar-refractivity contribution in [1.29, 1.82) is 5.41 Å². The first-order valence-corrected chi connectivity index (χ1v) is 8.70. The highest BCUT2D eigenvalue weighted by Gasteiger charge is 2.10. The minimum absolute atomic E-state index is 0.0274. The Morgan fingerprint density at radius 2 is 2.05 bits per heavy atom. The zero-order valence-corrected chi connectivity index (χ0v) is 13.4. The van der Waals surface area contributed by atoms with Crippen LogP contribution >= 0.6 is 11.3 Å². The second-order valence-electron chi connectivity index (χ2n) is 4.43. The number of nitrogens with one attached hydrogen (secondary N) is 2. The molecule has 2 rings (SSSR count). The number of aromatic nitrogens is 2. The number of anilines is 1. The third-order valence-electron chi connectivity index (χ3n) is 2.74. The minimum Gasteiger partial charge on any atom is -0.324 e. The molecule has 1 amide bonds. The van der Waals surface area contributed by atoms with Gasteiger partial charge in [0.05, 0.1) is 4.90 Å². The lowest BCUT2D eigenvalue weighted by Crippen LogP contribution is -2.25. The molecule has 0 fully saturated rings. The van der Waals surface area contributed by atoms with Crippen LogP contribution in [0.1, 0.15) is 11.9 Å². The second kappa shape index (κ2) is 6.38. The standard InChI is InChI=1S/C12H15N5O3S2/c1-2-11-16-17(12(13)21-11)7-10(18)15-8-3-5-9(6-4-8)22(14,19)20/h3-6,13H,2,7H2,1H3,(H,15,18)(H2,14,19,20). The number of nitrogens with zero attached hydrogens (tertiary/aromatic N) is 2. The van der Waals surface area contributed by atoms with Crippen molar-refractivity contribution in [3.8, 4) is 0 Å². The van der Waals surface area contributed by atoms with E-state index >= 15 is 0 Å². The Hall–Kier alpha value is -2.04. The first kappa shape index (κ1) is 16.3. The SMILES string of the molecule is CCc1nn(CC(=O)Nc2ccc(S(N)(=O)=O)cc2)c(=N)s1. The summed E-state index contributed by atoms with van der Waals surface area (Å²) in [5, 5.41) is 20.3. The number of sulfonamides is 1. The van der Waals surface area contributed by atoms with Gasteiger partial charge in [-0.1, -0.05) is 18.3 Å². The van der Waals surface area contributed by atoms with Gasteiger partial charge in [0, 0.05) is 5.69 Å². The van der Waals surface area contributed by atoms with E-state index in [2.05, 4.69) is 10.4 Å². The highest BCUT2D eigenvalue weighted by Crippen LogP contribution is 2.12. The minimum atomic E-state index is -3.75. The van der Waals surface area contributed by atoms with Gasteiger partial charge in [-0.25, -0.2) is 18.2 Å². The largest absolute Gasteiger partial charge is 0.324 e. The molecule has 0 aliphatic heterocycles. The molecule has 10 heteroatoms. The van der Waals surface area contributed by atoms with E-state index in [1.54, 1.807) is 0 Å². The van der Waals surface area contributed by atoms with Crippen molar-refractivity contribution in [3.05, 3.63) is 34.1 Å². The fourth-order valence-electron chi connectivity index (χ4n) is 1.68. The third-order valence-corrected chi connectivity index (χ3v) is 4.68. The van der Waals surface area contributed by atoms with E-state index in [0.717, 1.165) is 5.01 Å². The number of aryl methyl sites for hydroxylation is 1. The topological polar surface area (TPSA) is 131 Å². The summed E-state index contributed by atoms with van der Waals surface area (Å²) in [5.41, 5.74) is 0.440. The molecule has 22 heavy (non-hydrogen) atoms. The maximum absolute atomic E-state index is 11.9. The van der Waals surface area contributed by atoms with Crippen LogP contribution in [-0.2, 0) is 27.8 Å². The van der Waals surface area contributed by atoms with Crippen molar-refractivity contribution in [2.75, 3.05) is 5.32 Å². The average molecular weight is 341 g/mol. The summed E-state index contributed by atoms with van der Waals surface area (Å²) in [6.45, 7) is 1.85. The van der Waals surface area contributed by atoms with Crippen LogP contribution in [0.4, 0.5) is 5.69 Å². The van der Waals surface area contributed by atoms with Gasteiger partial charge in [-0.2, -0.15) is 5.10 Å². The summed E-state index contributed by atoms with van der Waals surface area (Å²) in [5.74, 6) is -0.352. The fourth-order valence-corrected chi connectivity index (χ4v) is 2.91. The Bertz CT molecular complexity index is 836. The number of hydrogen-bond donors (Lipinski definition) is 3. The molecule has 1 aromatic heterocycles. The van der Waals surface area contributed by atoms with Gasteiger partial charge in [-0.3, -0.25) is 10.2 Å². The van der Waals surface area contributed by atoms with Crippen LogP contribution in [0.15, 0.2) is 29.2 Å². The Balaban J connectivity index is 2.06. The lowest BCUT2D eigenvalue weighted by molar-refractivity contribution is -0.117. The number of carbonyl (C=O) groups is 1. The summed E-state index contributed by atoms with van der Waals surface area (Å²) in [6.07, 6.45) is 0.709. The number of benzene rings is 1. The molecule has 1 aromatic carbocycles. The van der Waals surface area contributed by atoms with Crippen molar-refractivity contribution in [1.82, 2.24) is 9.78 Å². The van der Waals surface area contributed by atoms with Gasteiger partial charge in [0.2, 0.25) is 20.7 Å². The van der Waals surface area contributed by atoms with E-state index in [1.165, 1.54) is 40.3 Å². The van der Waals surface area contributed by atoms with E-state index in [4.69, 9.17) is 10.5 Å². The van der Waals surface area contributed by atoms with Crippen LogP contribution in [0, 0.1) is 5.41 Å². The number of primary sulfonamides is 1. The normalized spacial score (nSPS) is 11.4. The molecule has 0 aliphatic carbocycles. The van der Waals surface area contributed by atoms with Crippen LogP contribution in [-0.4, -0.2) is 24.1 Å². The predicted octanol–water partition coefficient (Wildman–Crippen LogP) is 0.273. The van der Waals surface area contributed by atoms with Gasteiger partial charge >= 0.3 is 0 Å². The molecule has 0 unspecified atom stereocenters. The zero-order valence-electron chi connectivity index (χ0n) is 11.7. The predicted molar refractivity (Wildman–Crippen MR) is 81.8 cm³/mol. The fraction of sp³-hybridized carbons (Fsp3) is 0.250. The molecule has 8 nitrogen and oxygen atoms in total. The lowest BCUT2D eigenvalue weighted by Gasteiger charge is -2.06. The van der Waals surface area contributed by atoms with Gasteiger partial charge < -0.3 is 5.32 Å². The smallest absolute Gasteiger partial charge is 0.246 e. The van der Waals surface area contributed by atoms with Crippen LogP contribution in [0.3, 0.4) is 0 Å². The number of hydrogen-bond acceptors (Lipinski definition) is 6. The highest BCUT2D eigenvalue weighted by atomic mass is 32.2. The first-order chi connectivity index (χ1) is 10.3. The summed E-state index contributed by atoms with van der Waals surface area (Å²) in [7, 11) is -3.75. The molecule has 0 aliphatic rings. The summed E-state index contributed by atoms with van der Waals surface area (Å²) >= 11 is 1.23. The van der Waals surface area contributed by atoms with Crippen molar-refractivity contribution in [3.63, 3.8) is 0 Å². The second-order valence-corrected chi connectivity index (χ2v) is 7.05. The van der Waals surface area contributed by atoms with E-state index in [-0.39, 0.29) is 22.1 Å². The van der Waals surface area contributed by atoms with E-state index in [9.17, 15) is 13.2 Å². The molecule has 0 saturated carbocycles. The Morgan fingerprint density at radius 1 is 1.41 bits per heavy atom. The molecular formula is C12H15N5O3S2. The molecule has 0 spiro atoms. The molecule has 1 heterocycles. The molecule has 0 radical (unpaired) electrons. The maximum Gasteiger partial charge on any atom is 0.246 e. The van der Waals surface area contributed by atoms with Crippen molar-refractivity contribution in [2.24, 2.45) is 5.14 Å². The van der Waals surface area contributed by atoms with Gasteiger partial charge in [-0.15, -0.1) is 0 Å². The average Bonchev–Trinajstić information content (AvgIpc) is 2.79. The Labute approximate surface area is 131 Å².